The van der Waals surface area contributed by atoms with Crippen molar-refractivity contribution in [2.24, 2.45) is 0 Å². The van der Waals surface area contributed by atoms with E-state index in [1.54, 1.807) is 0 Å². The van der Waals surface area contributed by atoms with Crippen LogP contribution in [0.3, 0.4) is 0 Å². The van der Waals surface area contributed by atoms with E-state index in [4.69, 9.17) is 0 Å². The summed E-state index contributed by atoms with van der Waals surface area (Å²) in [6.45, 7) is 0. The molecule has 0 unspecified atom stereocenters. The van der Waals surface area contributed by atoms with E-state index in [9.17, 15) is 0 Å². The van der Waals surface area contributed by atoms with Gasteiger partial charge in [0, 0.05) is 0 Å². The van der Waals surface area contributed by atoms with Crippen LogP contribution in [0, 0.1) is 0 Å². The topological polar surface area (TPSA) is 0 Å². The molecule has 0 aliphatic heterocycles. The van der Waals surface area contributed by atoms with Crippen LogP contribution >= 0.6 is 0 Å². The smallest absolute Gasteiger partial charge is 2.00 e. The second-order valence-electron chi connectivity index (χ2n) is 0. The summed E-state index contributed by atoms with van der Waals surface area (Å²) in [4.78, 5) is 0. The molecule has 0 bridgehead atoms. The van der Waals surface area contributed by atoms with E-state index in [0.717, 1.165) is 52.2 Å². The van der Waals surface area contributed by atoms with Gasteiger partial charge in [-0.05, 0) is 0 Å². The molecule has 0 radical (unpaired) electrons. The van der Waals surface area contributed by atoms with E-state index in [1.807, 2.05) is 0 Å². The average Bonchev–Trinajstić information content (AvgIpc) is 1.50. The fourth-order valence-electron chi connectivity index (χ4n) is 0. The van der Waals surface area contributed by atoms with Crippen LogP contribution in [-0.2, 0) is 65.7 Å². The minimum atomic E-state index is 0. The molecule has 0 nitrogen and oxygen atoms in total. The Morgan fingerprint density at radius 2 is 0.800 bits per heavy atom. The molecule has 0 aliphatic carbocycles. The van der Waals surface area contributed by atoms with Gasteiger partial charge in [-0.15, -0.1) is 0 Å². The predicted octanol–water partition coefficient (Wildman–Crippen LogP) is 1.16. The van der Waals surface area contributed by atoms with Gasteiger partial charge in [0.05, 0.1) is 0 Å². The van der Waals surface area contributed by atoms with Crippen molar-refractivity contribution in [2.75, 3.05) is 0 Å². The molecule has 0 rings (SSSR count). The molecule has 0 aromatic carbocycles. The molecular formula is C2H6Hg2S. The Balaban J connectivity index is -0.0000000133. The van der Waals surface area contributed by atoms with Gasteiger partial charge in [-0.25, -0.2) is 0 Å². The van der Waals surface area contributed by atoms with Crippen LogP contribution in [0.2, 0.25) is 8.86 Å². The van der Waals surface area contributed by atoms with Crippen molar-refractivity contribution < 1.29 is 52.2 Å². The Hall–Kier alpha value is 2.22. The van der Waals surface area contributed by atoms with E-state index in [-0.39, 0.29) is 13.5 Å². The third-order valence-corrected chi connectivity index (χ3v) is 0. The minimum absolute atomic E-state index is 0. The molecule has 0 atom stereocenters. The van der Waals surface area contributed by atoms with Gasteiger partial charge < -0.3 is 13.5 Å². The van der Waals surface area contributed by atoms with Crippen molar-refractivity contribution in [3.8, 4) is 0 Å². The zero-order valence-corrected chi connectivity index (χ0v) is 15.6. The fourth-order valence-corrected chi connectivity index (χ4v) is 0. The summed E-state index contributed by atoms with van der Waals surface area (Å²) in [5.74, 6) is 0. The first-order chi connectivity index (χ1) is 2.00. The van der Waals surface area contributed by atoms with Crippen molar-refractivity contribution in [1.29, 1.82) is 0 Å². The number of hydrogen-bond donors (Lipinski definition) is 0. The Kier molecular flexibility index (Phi) is 108. The maximum absolute atomic E-state index is 2.19. The zero-order chi connectivity index (χ0) is 4.00. The molecule has 0 N–H and O–H groups in total. The van der Waals surface area contributed by atoms with Gasteiger partial charge in [0.25, 0.3) is 0 Å². The quantitative estimate of drug-likeness (QED) is 0.474. The molecule has 0 spiro atoms. The van der Waals surface area contributed by atoms with E-state index in [0.29, 0.717) is 0 Å². The van der Waals surface area contributed by atoms with Crippen molar-refractivity contribution in [2.45, 2.75) is 8.86 Å². The molecule has 5 heavy (non-hydrogen) atoms. The van der Waals surface area contributed by atoms with Crippen LogP contribution in [0.1, 0.15) is 0 Å². The van der Waals surface area contributed by atoms with Crippen LogP contribution < -0.4 is 0 Å². The first kappa shape index (κ1) is 15.7. The van der Waals surface area contributed by atoms with Gasteiger partial charge in [0.15, 0.2) is 0 Å². The van der Waals surface area contributed by atoms with Crippen LogP contribution in [0.5, 0.6) is 0 Å². The monoisotopic (exact) mass is 466 g/mol. The Bertz CT molecular complexity index is 7.61. The summed E-state index contributed by atoms with van der Waals surface area (Å²) >= 11 is 2.06. The SMILES string of the molecule is [CH3][Hg+].[CH3][Hg+].[S-2]. The molecule has 0 saturated heterocycles. The molecule has 24 valence electrons. The molecule has 0 aliphatic rings. The average molecular weight is 463 g/mol. The standard InChI is InChI=1S/2CH3.2Hg.S/h2*1H3;;;/q;;2*+1;-2. The van der Waals surface area contributed by atoms with Crippen LogP contribution in [-0.4, -0.2) is 0 Å². The molecule has 0 aromatic heterocycles. The summed E-state index contributed by atoms with van der Waals surface area (Å²) in [6, 6.07) is 0. The summed E-state index contributed by atoms with van der Waals surface area (Å²) in [5, 5.41) is 0. The van der Waals surface area contributed by atoms with E-state index in [1.165, 1.54) is 0 Å². The maximum atomic E-state index is 2.19. The summed E-state index contributed by atoms with van der Waals surface area (Å²) < 4.78 is 4.39. The van der Waals surface area contributed by atoms with Crippen LogP contribution in [0.15, 0.2) is 0 Å². The second-order valence-corrected chi connectivity index (χ2v) is 0. The zero-order valence-electron chi connectivity index (χ0n) is 3.82. The van der Waals surface area contributed by atoms with Gasteiger partial charge in [-0.2, -0.15) is 0 Å². The molecule has 3 heteroatoms. The molecule has 0 saturated carbocycles. The largest absolute Gasteiger partial charge is 2.00 e. The van der Waals surface area contributed by atoms with Gasteiger partial charge in [-0.1, -0.05) is 0 Å². The summed E-state index contributed by atoms with van der Waals surface area (Å²) in [6.07, 6.45) is 0. The van der Waals surface area contributed by atoms with Gasteiger partial charge in [0.1, 0.15) is 0 Å². The van der Waals surface area contributed by atoms with Crippen molar-refractivity contribution >= 4 is 13.5 Å². The molecule has 0 aromatic rings. The Morgan fingerprint density at radius 3 is 0.800 bits per heavy atom. The number of hydrogen-bond acceptors (Lipinski definition) is 0. The van der Waals surface area contributed by atoms with Crippen molar-refractivity contribution in [3.05, 3.63) is 0 Å². The molecular weight excluding hydrogens is 457 g/mol. The Labute approximate surface area is 73.5 Å². The normalized spacial score (nSPS) is 2.80. The molecule has 0 heterocycles. The summed E-state index contributed by atoms with van der Waals surface area (Å²) in [7, 11) is 0. The van der Waals surface area contributed by atoms with Gasteiger partial charge in [0.2, 0.25) is 0 Å². The van der Waals surface area contributed by atoms with Crippen LogP contribution in [0.25, 0.3) is 0 Å². The molecule has 0 amide bonds. The minimum Gasteiger partial charge on any atom is -2.00 e. The number of rotatable bonds is 0. The Morgan fingerprint density at radius 1 is 0.800 bits per heavy atom. The van der Waals surface area contributed by atoms with Crippen molar-refractivity contribution in [3.63, 3.8) is 0 Å². The summed E-state index contributed by atoms with van der Waals surface area (Å²) in [5.41, 5.74) is 0. The van der Waals surface area contributed by atoms with E-state index >= 15 is 0 Å². The maximum Gasteiger partial charge on any atom is -2.00 e. The fraction of sp³-hybridized carbons (Fsp3) is 1.00. The third kappa shape index (κ3) is 22.5. The van der Waals surface area contributed by atoms with Gasteiger partial charge in [-0.3, -0.25) is 0 Å². The second kappa shape index (κ2) is 34.4. The first-order valence-corrected chi connectivity index (χ1v) is 12.4. The van der Waals surface area contributed by atoms with E-state index < -0.39 is 0 Å². The third-order valence-electron chi connectivity index (χ3n) is 0. The van der Waals surface area contributed by atoms with Crippen molar-refractivity contribution in [1.82, 2.24) is 0 Å². The van der Waals surface area contributed by atoms with E-state index in [2.05, 4.69) is 8.86 Å². The van der Waals surface area contributed by atoms with Gasteiger partial charge >= 0.3 is 61.1 Å². The molecule has 0 fully saturated rings. The predicted molar refractivity (Wildman–Crippen MR) is 19.1 cm³/mol. The van der Waals surface area contributed by atoms with Crippen LogP contribution in [0.4, 0.5) is 0 Å². The first-order valence-electron chi connectivity index (χ1n) is 1.41.